The first kappa shape index (κ1) is 18.3. The van der Waals surface area contributed by atoms with Gasteiger partial charge in [-0.05, 0) is 53.2 Å². The van der Waals surface area contributed by atoms with Crippen LogP contribution in [0.2, 0.25) is 0 Å². The number of rotatable bonds is 4. The molecule has 1 aromatic carbocycles. The third-order valence-electron chi connectivity index (χ3n) is 6.85. The smallest absolute Gasteiger partial charge is 0.137 e. The van der Waals surface area contributed by atoms with Crippen LogP contribution in [-0.2, 0) is 10.2 Å². The van der Waals surface area contributed by atoms with E-state index in [9.17, 15) is 15.0 Å². The maximum atomic E-state index is 12.4. The predicted molar refractivity (Wildman–Crippen MR) is 100.0 cm³/mol. The summed E-state index contributed by atoms with van der Waals surface area (Å²) in [5.74, 6) is 1.53. The second-order valence-electron chi connectivity index (χ2n) is 9.90. The van der Waals surface area contributed by atoms with E-state index in [1.165, 1.54) is 0 Å². The van der Waals surface area contributed by atoms with E-state index in [0.29, 0.717) is 23.8 Å². The average Bonchev–Trinajstić information content (AvgIpc) is 2.43. The topological polar surface area (TPSA) is 57.5 Å². The van der Waals surface area contributed by atoms with Crippen LogP contribution in [0.25, 0.3) is 0 Å². The third kappa shape index (κ3) is 2.86. The summed E-state index contributed by atoms with van der Waals surface area (Å²) in [6.45, 7) is 12.9. The highest BCUT2D eigenvalue weighted by Gasteiger charge is 2.59. The van der Waals surface area contributed by atoms with E-state index in [0.717, 1.165) is 18.4 Å². The summed E-state index contributed by atoms with van der Waals surface area (Å²) in [4.78, 5) is 12.4. The largest absolute Gasteiger partial charge is 0.508 e. The van der Waals surface area contributed by atoms with Crippen LogP contribution in [0.15, 0.2) is 12.1 Å². The maximum Gasteiger partial charge on any atom is 0.137 e. The molecule has 1 aromatic rings. The molecule has 0 aliphatic heterocycles. The van der Waals surface area contributed by atoms with E-state index in [2.05, 4.69) is 41.5 Å². The van der Waals surface area contributed by atoms with Crippen LogP contribution in [0, 0.1) is 23.2 Å². The number of hydrogen-bond donors (Lipinski definition) is 2. The second kappa shape index (κ2) is 5.75. The lowest BCUT2D eigenvalue weighted by atomic mass is 9.44. The molecule has 138 valence electrons. The quantitative estimate of drug-likeness (QED) is 0.795. The van der Waals surface area contributed by atoms with Gasteiger partial charge in [0.15, 0.2) is 0 Å². The van der Waals surface area contributed by atoms with Crippen molar-refractivity contribution in [3.8, 4) is 11.5 Å². The summed E-state index contributed by atoms with van der Waals surface area (Å²) in [6, 6.07) is 3.61. The van der Waals surface area contributed by atoms with Crippen molar-refractivity contribution < 1.29 is 15.0 Å². The summed E-state index contributed by atoms with van der Waals surface area (Å²) in [6.07, 6.45) is 2.30. The molecule has 3 atom stereocenters. The number of phenols is 2. The van der Waals surface area contributed by atoms with E-state index in [1.807, 2.05) is 0 Å². The Bertz CT molecular complexity index is 676. The van der Waals surface area contributed by atoms with Crippen LogP contribution in [0.5, 0.6) is 11.5 Å². The molecule has 0 radical (unpaired) electrons. The Morgan fingerprint density at radius 1 is 1.20 bits per heavy atom. The van der Waals surface area contributed by atoms with Gasteiger partial charge in [0, 0.05) is 23.8 Å². The van der Waals surface area contributed by atoms with Gasteiger partial charge in [0.25, 0.3) is 0 Å². The summed E-state index contributed by atoms with van der Waals surface area (Å²) in [5, 5.41) is 21.5. The molecule has 3 saturated carbocycles. The Morgan fingerprint density at radius 2 is 1.76 bits per heavy atom. The first-order chi connectivity index (χ1) is 11.4. The fourth-order valence-corrected chi connectivity index (χ4v) is 5.53. The Hall–Kier alpha value is -1.51. The highest BCUT2D eigenvalue weighted by Crippen LogP contribution is 2.64. The number of Topliss-reactive ketones (excluding diaryl/α,β-unsaturated/α-hetero) is 1. The zero-order chi connectivity index (χ0) is 18.7. The van der Waals surface area contributed by atoms with Crippen LogP contribution in [0.3, 0.4) is 0 Å². The van der Waals surface area contributed by atoms with Gasteiger partial charge in [0.2, 0.25) is 0 Å². The summed E-state index contributed by atoms with van der Waals surface area (Å²) in [7, 11) is 0. The molecule has 0 saturated heterocycles. The lowest BCUT2D eigenvalue weighted by Gasteiger charge is -2.59. The molecular weight excluding hydrogens is 312 g/mol. The standard InChI is InChI=1S/C22H32O3/c1-12(2)11-21(3,4)13-7-18(24)20(19(25)8-13)14-9-17(23)16-10-15(14)22(16,5)6/h7-8,12,14-16,24-25H,9-11H2,1-6H3/t14-,15+,16-/m0/s1. The number of ketones is 1. The fourth-order valence-electron chi connectivity index (χ4n) is 5.53. The predicted octanol–water partition coefficient (Wildman–Crippen LogP) is 5.14. The van der Waals surface area contributed by atoms with Crippen molar-refractivity contribution in [2.75, 3.05) is 0 Å². The number of carbonyl (C=O) groups is 1. The first-order valence-corrected chi connectivity index (χ1v) is 9.54. The second-order valence-corrected chi connectivity index (χ2v) is 9.90. The van der Waals surface area contributed by atoms with E-state index < -0.39 is 0 Å². The van der Waals surface area contributed by atoms with Crippen LogP contribution in [0.1, 0.15) is 77.8 Å². The molecule has 3 fully saturated rings. The number of benzene rings is 1. The maximum absolute atomic E-state index is 12.4. The number of carbonyl (C=O) groups excluding carboxylic acids is 1. The van der Waals surface area contributed by atoms with E-state index in [4.69, 9.17) is 0 Å². The molecule has 2 N–H and O–H groups in total. The number of fused-ring (bicyclic) bond motifs is 2. The zero-order valence-corrected chi connectivity index (χ0v) is 16.4. The van der Waals surface area contributed by atoms with Crippen molar-refractivity contribution in [2.45, 2.75) is 72.1 Å². The van der Waals surface area contributed by atoms with Gasteiger partial charge in [-0.25, -0.2) is 0 Å². The monoisotopic (exact) mass is 344 g/mol. The number of phenolic OH excluding ortho intramolecular Hbond substituents is 2. The van der Waals surface area contributed by atoms with E-state index >= 15 is 0 Å². The minimum absolute atomic E-state index is 0.0333. The molecule has 4 rings (SSSR count). The minimum atomic E-state index is -0.120. The third-order valence-corrected chi connectivity index (χ3v) is 6.85. The van der Waals surface area contributed by atoms with Crippen molar-refractivity contribution in [3.63, 3.8) is 0 Å². The van der Waals surface area contributed by atoms with Crippen molar-refractivity contribution in [1.82, 2.24) is 0 Å². The van der Waals surface area contributed by atoms with Crippen LogP contribution in [-0.4, -0.2) is 16.0 Å². The van der Waals surface area contributed by atoms with Crippen LogP contribution < -0.4 is 0 Å². The first-order valence-electron chi connectivity index (χ1n) is 9.54. The average molecular weight is 344 g/mol. The van der Waals surface area contributed by atoms with Gasteiger partial charge < -0.3 is 10.2 Å². The summed E-state index contributed by atoms with van der Waals surface area (Å²) >= 11 is 0. The summed E-state index contributed by atoms with van der Waals surface area (Å²) in [5.41, 5.74) is 1.38. The van der Waals surface area contributed by atoms with Crippen LogP contribution in [0.4, 0.5) is 0 Å². The highest BCUT2D eigenvalue weighted by atomic mass is 16.3. The van der Waals surface area contributed by atoms with Crippen molar-refractivity contribution in [2.24, 2.45) is 23.2 Å². The molecule has 0 heterocycles. The van der Waals surface area contributed by atoms with Gasteiger partial charge in [-0.2, -0.15) is 0 Å². The van der Waals surface area contributed by atoms with Crippen molar-refractivity contribution in [1.29, 1.82) is 0 Å². The molecule has 3 aliphatic carbocycles. The van der Waals surface area contributed by atoms with Gasteiger partial charge in [-0.1, -0.05) is 41.5 Å². The lowest BCUT2D eigenvalue weighted by Crippen LogP contribution is -2.56. The molecule has 0 spiro atoms. The van der Waals surface area contributed by atoms with E-state index in [-0.39, 0.29) is 39.9 Å². The Balaban J connectivity index is 1.98. The molecule has 3 heteroatoms. The van der Waals surface area contributed by atoms with Gasteiger partial charge in [-0.3, -0.25) is 4.79 Å². The van der Waals surface area contributed by atoms with Gasteiger partial charge in [0.05, 0.1) is 0 Å². The van der Waals surface area contributed by atoms with Crippen molar-refractivity contribution in [3.05, 3.63) is 23.3 Å². The Labute approximate surface area is 151 Å². The normalized spacial score (nSPS) is 28.1. The Kier molecular flexibility index (Phi) is 4.21. The van der Waals surface area contributed by atoms with Crippen molar-refractivity contribution >= 4 is 5.78 Å². The molecule has 3 aliphatic rings. The zero-order valence-electron chi connectivity index (χ0n) is 16.4. The number of hydrogen-bond acceptors (Lipinski definition) is 3. The highest BCUT2D eigenvalue weighted by molar-refractivity contribution is 5.86. The minimum Gasteiger partial charge on any atom is -0.508 e. The molecule has 0 unspecified atom stereocenters. The molecule has 0 amide bonds. The SMILES string of the molecule is CC(C)CC(C)(C)c1cc(O)c([C@H]2CC(=O)[C@@H]3C[C@H]2C3(C)C)c(O)c1. The molecule has 3 nitrogen and oxygen atoms in total. The van der Waals surface area contributed by atoms with Gasteiger partial charge in [-0.15, -0.1) is 0 Å². The summed E-state index contributed by atoms with van der Waals surface area (Å²) < 4.78 is 0. The molecule has 0 aromatic heterocycles. The molecule has 25 heavy (non-hydrogen) atoms. The van der Waals surface area contributed by atoms with Gasteiger partial charge in [0.1, 0.15) is 17.3 Å². The Morgan fingerprint density at radius 3 is 2.20 bits per heavy atom. The molecule has 2 bridgehead atoms. The van der Waals surface area contributed by atoms with Gasteiger partial charge >= 0.3 is 0 Å². The number of aromatic hydroxyl groups is 2. The van der Waals surface area contributed by atoms with E-state index in [1.54, 1.807) is 12.1 Å². The molecular formula is C22H32O3. The van der Waals surface area contributed by atoms with Crippen LogP contribution >= 0.6 is 0 Å². The lowest BCUT2D eigenvalue weighted by molar-refractivity contribution is -0.151. The fraction of sp³-hybridized carbons (Fsp3) is 0.682.